The first kappa shape index (κ1) is 40.1. The normalized spacial score (nSPS) is 25.7. The van der Waals surface area contributed by atoms with Crippen LogP contribution in [0.5, 0.6) is 0 Å². The van der Waals surface area contributed by atoms with Crippen molar-refractivity contribution in [3.8, 4) is 0 Å². The number of alkyl halides is 2. The van der Waals surface area contributed by atoms with Crippen LogP contribution in [0.25, 0.3) is 16.7 Å². The molecular formula is C43H50F2N12O6. The largest absolute Gasteiger partial charge is 0.375 e. The van der Waals surface area contributed by atoms with Crippen LogP contribution in [0.2, 0.25) is 0 Å². The summed E-state index contributed by atoms with van der Waals surface area (Å²) in [5, 5.41) is 13.6. The highest BCUT2D eigenvalue weighted by Gasteiger charge is 2.40. The Morgan fingerprint density at radius 2 is 1.84 bits per heavy atom. The van der Waals surface area contributed by atoms with Crippen LogP contribution in [0.4, 0.5) is 26.0 Å². The number of fused-ring (bicyclic) bond motifs is 4. The number of imidazole rings is 1. The molecule has 1 saturated carbocycles. The summed E-state index contributed by atoms with van der Waals surface area (Å²) >= 11 is 0. The number of nitrogens with one attached hydrogen (secondary N) is 2. The van der Waals surface area contributed by atoms with Crippen molar-refractivity contribution < 1.29 is 32.6 Å². The molecular weight excluding hydrogens is 819 g/mol. The van der Waals surface area contributed by atoms with E-state index in [9.17, 15) is 28.0 Å². The molecule has 4 aromatic heterocycles. The third-order valence-electron chi connectivity index (χ3n) is 14.1. The zero-order chi connectivity index (χ0) is 43.1. The lowest BCUT2D eigenvalue weighted by Gasteiger charge is -2.45. The maximum absolute atomic E-state index is 14.3. The molecule has 1 aliphatic carbocycles. The number of anilines is 3. The fraction of sp³-hybridized carbons (Fsp3) is 0.558. The van der Waals surface area contributed by atoms with E-state index in [1.54, 1.807) is 22.5 Å². The van der Waals surface area contributed by atoms with E-state index in [4.69, 9.17) is 14.5 Å². The molecule has 0 spiro atoms. The van der Waals surface area contributed by atoms with Gasteiger partial charge in [-0.05, 0) is 62.6 Å². The number of aryl methyl sites for hydroxylation is 1. The van der Waals surface area contributed by atoms with Crippen LogP contribution >= 0.6 is 0 Å². The van der Waals surface area contributed by atoms with Gasteiger partial charge in [0.05, 0.1) is 66.1 Å². The van der Waals surface area contributed by atoms with Gasteiger partial charge in [0.25, 0.3) is 12.3 Å². The van der Waals surface area contributed by atoms with Crippen LogP contribution in [-0.4, -0.2) is 127 Å². The van der Waals surface area contributed by atoms with Gasteiger partial charge in [0.15, 0.2) is 11.3 Å². The molecule has 5 saturated heterocycles. The van der Waals surface area contributed by atoms with Gasteiger partial charge in [-0.3, -0.25) is 38.4 Å². The number of morpholine rings is 1. The predicted octanol–water partition coefficient (Wildman–Crippen LogP) is 3.29. The highest BCUT2D eigenvalue weighted by molar-refractivity contribution is 6.08. The van der Waals surface area contributed by atoms with Crippen molar-refractivity contribution in [3.05, 3.63) is 64.6 Å². The van der Waals surface area contributed by atoms with Gasteiger partial charge in [-0.25, -0.2) is 23.1 Å². The maximum Gasteiger partial charge on any atom is 0.329 e. The van der Waals surface area contributed by atoms with E-state index < -0.39 is 30.0 Å². The molecule has 3 atom stereocenters. The first-order valence-corrected chi connectivity index (χ1v) is 22.1. The van der Waals surface area contributed by atoms with Crippen LogP contribution in [0.15, 0.2) is 47.7 Å². The summed E-state index contributed by atoms with van der Waals surface area (Å²) in [5.74, 6) is 0.259. The molecule has 6 fully saturated rings. The van der Waals surface area contributed by atoms with Crippen molar-refractivity contribution in [3.63, 3.8) is 0 Å². The standard InChI is InChI=1S/C43H50F2N12O6/c1-51-38-32(3-2-4-33(38)57(43(51)61)34-9-10-36(58)49-42(34)60)53-16-25(17-53)22-62-29-18-52(19-29)15-24-5-7-26(8-6-24)56-21-31(37(50-56)39(44)45)47-41(59)30-14-46-55-12-11-35(48-40(30)55)54-20-28-13-27(54)23-63-28/h2-4,11-12,14,21,24-29,34,39H,5-10,13,15-20,22-23H2,1H3,(H,47,59)(H,49,58,60)/t24?,26?,27-,28-,34?/m1/s1. The number of aromatic nitrogens is 7. The molecule has 63 heavy (non-hydrogen) atoms. The summed E-state index contributed by atoms with van der Waals surface area (Å²) in [5.41, 5.74) is 2.22. The second kappa shape index (κ2) is 15.8. The van der Waals surface area contributed by atoms with E-state index in [0.717, 1.165) is 88.4 Å². The van der Waals surface area contributed by atoms with E-state index in [-0.39, 0.29) is 53.6 Å². The van der Waals surface area contributed by atoms with Crippen molar-refractivity contribution in [2.45, 2.75) is 81.7 Å². The smallest absolute Gasteiger partial charge is 0.329 e. The quantitative estimate of drug-likeness (QED) is 0.175. The number of imide groups is 1. The molecule has 5 aliphatic heterocycles. The predicted molar refractivity (Wildman–Crippen MR) is 225 cm³/mol. The number of para-hydroxylation sites is 1. The highest BCUT2D eigenvalue weighted by atomic mass is 19.3. The minimum atomic E-state index is -2.86. The first-order valence-electron chi connectivity index (χ1n) is 22.1. The third-order valence-corrected chi connectivity index (χ3v) is 14.1. The van der Waals surface area contributed by atoms with Crippen LogP contribution in [0.3, 0.4) is 0 Å². The van der Waals surface area contributed by atoms with E-state index >= 15 is 0 Å². The van der Waals surface area contributed by atoms with Gasteiger partial charge >= 0.3 is 5.69 Å². The molecule has 20 heteroatoms. The Morgan fingerprint density at radius 3 is 2.59 bits per heavy atom. The number of benzene rings is 1. The van der Waals surface area contributed by atoms with Gasteiger partial charge in [-0.15, -0.1) is 0 Å². The number of likely N-dealkylation sites (tertiary alicyclic amines) is 1. The van der Waals surface area contributed by atoms with Crippen LogP contribution in [0.1, 0.15) is 79.5 Å². The maximum atomic E-state index is 14.3. The number of hydrogen-bond donors (Lipinski definition) is 2. The molecule has 6 aliphatic rings. The summed E-state index contributed by atoms with van der Waals surface area (Å²) < 4.78 is 46.8. The van der Waals surface area contributed by atoms with Gasteiger partial charge in [-0.2, -0.15) is 10.2 Å². The lowest BCUT2D eigenvalue weighted by atomic mass is 9.85. The Balaban J connectivity index is 0.641. The number of nitrogens with zero attached hydrogens (tertiary/aromatic N) is 10. The lowest BCUT2D eigenvalue weighted by Crippen LogP contribution is -2.55. The van der Waals surface area contributed by atoms with E-state index in [1.165, 1.54) is 21.5 Å². The number of carbonyl (C=O) groups is 3. The van der Waals surface area contributed by atoms with Crippen molar-refractivity contribution >= 4 is 51.6 Å². The van der Waals surface area contributed by atoms with E-state index in [2.05, 4.69) is 35.5 Å². The van der Waals surface area contributed by atoms with Crippen LogP contribution in [-0.2, 0) is 26.1 Å². The van der Waals surface area contributed by atoms with Gasteiger partial charge in [0.1, 0.15) is 17.4 Å². The number of hydrogen-bond acceptors (Lipinski definition) is 12. The van der Waals surface area contributed by atoms with Crippen molar-refractivity contribution in [2.24, 2.45) is 18.9 Å². The number of ether oxygens (including phenoxy) is 2. The van der Waals surface area contributed by atoms with E-state index in [1.807, 2.05) is 24.3 Å². The van der Waals surface area contributed by atoms with Crippen LogP contribution < -0.4 is 26.1 Å². The minimum absolute atomic E-state index is 0.00565. The molecule has 2 bridgehead atoms. The van der Waals surface area contributed by atoms with Crippen molar-refractivity contribution in [1.82, 2.24) is 43.7 Å². The molecule has 18 nitrogen and oxygen atoms in total. The number of rotatable bonds is 12. The molecule has 1 aromatic carbocycles. The molecule has 11 rings (SSSR count). The zero-order valence-corrected chi connectivity index (χ0v) is 34.9. The average Bonchev–Trinajstić information content (AvgIpc) is 4.09. The summed E-state index contributed by atoms with van der Waals surface area (Å²) in [6.07, 6.45) is 7.16. The number of amides is 3. The molecule has 1 unspecified atom stereocenters. The summed E-state index contributed by atoms with van der Waals surface area (Å²) in [7, 11) is 1.72. The van der Waals surface area contributed by atoms with Crippen molar-refractivity contribution in [1.29, 1.82) is 0 Å². The molecule has 332 valence electrons. The Hall–Kier alpha value is -5.73. The SMILES string of the molecule is Cn1c(=O)n(C2CCC(=O)NC2=O)c2cccc(N3CC(COC4CN(CC5CCC(n6cc(NC(=O)c7cnn8ccc(N9C[C@H]%10C[C@@H]9CO%10)nc78)c(C(F)F)n6)CC5)C4)C3)c21. The van der Waals surface area contributed by atoms with E-state index in [0.29, 0.717) is 42.6 Å². The van der Waals surface area contributed by atoms with Gasteiger partial charge in [0.2, 0.25) is 11.8 Å². The van der Waals surface area contributed by atoms with Crippen molar-refractivity contribution in [2.75, 3.05) is 67.6 Å². The highest BCUT2D eigenvalue weighted by Crippen LogP contribution is 2.38. The summed E-state index contributed by atoms with van der Waals surface area (Å²) in [6, 6.07) is 7.11. The fourth-order valence-corrected chi connectivity index (χ4v) is 10.7. The second-order valence-corrected chi connectivity index (χ2v) is 18.2. The van der Waals surface area contributed by atoms with Gasteiger partial charge < -0.3 is 24.6 Å². The van der Waals surface area contributed by atoms with Crippen LogP contribution in [0, 0.1) is 11.8 Å². The number of piperidine rings is 1. The minimum Gasteiger partial charge on any atom is -0.375 e. The molecule has 3 amide bonds. The second-order valence-electron chi connectivity index (χ2n) is 18.2. The van der Waals surface area contributed by atoms with Gasteiger partial charge in [0, 0.05) is 71.0 Å². The Kier molecular flexibility index (Phi) is 10.1. The van der Waals surface area contributed by atoms with Gasteiger partial charge in [-0.1, -0.05) is 6.07 Å². The lowest BCUT2D eigenvalue weighted by molar-refractivity contribution is -0.135. The summed E-state index contributed by atoms with van der Waals surface area (Å²) in [6.45, 7) is 6.37. The fourth-order valence-electron chi connectivity index (χ4n) is 10.7. The molecule has 2 N–H and O–H groups in total. The first-order chi connectivity index (χ1) is 30.5. The molecule has 0 radical (unpaired) electrons. The monoisotopic (exact) mass is 868 g/mol. The number of halogens is 2. The Morgan fingerprint density at radius 1 is 1.02 bits per heavy atom. The third kappa shape index (κ3) is 7.24. The molecule has 9 heterocycles. The molecule has 5 aromatic rings. The zero-order valence-electron chi connectivity index (χ0n) is 34.9. The average molecular weight is 869 g/mol. The Labute approximate surface area is 360 Å². The number of carbonyl (C=O) groups excluding carboxylic acids is 3. The summed E-state index contributed by atoms with van der Waals surface area (Å²) in [4.78, 5) is 62.9. The topological polar surface area (TPSA) is 178 Å². The Bertz CT molecular complexity index is 2660.